The largest absolute Gasteiger partial charge is 0.506 e. The summed E-state index contributed by atoms with van der Waals surface area (Å²) >= 11 is 0. The van der Waals surface area contributed by atoms with Crippen LogP contribution in [0.25, 0.3) is 5.76 Å². The molecule has 0 bridgehead atoms. The molecular formula is C27H27NO6. The molecule has 0 saturated carbocycles. The summed E-state index contributed by atoms with van der Waals surface area (Å²) in [5.41, 5.74) is 2.01. The third-order valence-electron chi connectivity index (χ3n) is 6.03. The van der Waals surface area contributed by atoms with Gasteiger partial charge in [-0.2, -0.15) is 0 Å². The average Bonchev–Trinajstić information content (AvgIpc) is 3.45. The molecule has 1 fully saturated rings. The van der Waals surface area contributed by atoms with E-state index >= 15 is 0 Å². The molecule has 1 unspecified atom stereocenters. The summed E-state index contributed by atoms with van der Waals surface area (Å²) in [5.74, 6) is -0.361. The number of carbonyl (C=O) groups excluding carboxylic acids is 2. The van der Waals surface area contributed by atoms with Gasteiger partial charge in [0.05, 0.1) is 38.6 Å². The van der Waals surface area contributed by atoms with Crippen molar-refractivity contribution in [3.05, 3.63) is 88.9 Å². The van der Waals surface area contributed by atoms with E-state index in [1.165, 1.54) is 25.4 Å². The zero-order valence-corrected chi connectivity index (χ0v) is 19.6. The highest BCUT2D eigenvalue weighted by molar-refractivity contribution is 6.46. The van der Waals surface area contributed by atoms with Crippen LogP contribution in [-0.4, -0.2) is 35.9 Å². The molecule has 2 heterocycles. The van der Waals surface area contributed by atoms with Crippen LogP contribution in [0.5, 0.6) is 11.5 Å². The summed E-state index contributed by atoms with van der Waals surface area (Å²) in [5, 5.41) is 11.4. The SMILES string of the molecule is COc1cccc(OC)c1/C(O)=C1\C(=O)C(=O)N(Cc2ccco2)C1c1ccc(C(C)C)cc1. The summed E-state index contributed by atoms with van der Waals surface area (Å²) in [6.45, 7) is 4.26. The molecular weight excluding hydrogens is 434 g/mol. The predicted octanol–water partition coefficient (Wildman–Crippen LogP) is 5.04. The number of ketones is 1. The van der Waals surface area contributed by atoms with E-state index in [0.717, 1.165) is 5.56 Å². The van der Waals surface area contributed by atoms with Crippen LogP contribution in [0.1, 0.15) is 48.3 Å². The first-order chi connectivity index (χ1) is 16.4. The second-order valence-corrected chi connectivity index (χ2v) is 8.37. The molecule has 7 heteroatoms. The first-order valence-electron chi connectivity index (χ1n) is 11.0. The lowest BCUT2D eigenvalue weighted by Gasteiger charge is -2.25. The lowest BCUT2D eigenvalue weighted by Crippen LogP contribution is -2.29. The van der Waals surface area contributed by atoms with E-state index in [0.29, 0.717) is 28.7 Å². The second-order valence-electron chi connectivity index (χ2n) is 8.37. The Morgan fingerprint density at radius 3 is 2.18 bits per heavy atom. The van der Waals surface area contributed by atoms with E-state index in [1.807, 2.05) is 24.3 Å². The first kappa shape index (κ1) is 23.2. The molecule has 176 valence electrons. The third-order valence-corrected chi connectivity index (χ3v) is 6.03. The van der Waals surface area contributed by atoms with E-state index in [2.05, 4.69) is 13.8 Å². The number of rotatable bonds is 7. The van der Waals surface area contributed by atoms with Crippen molar-refractivity contribution in [2.75, 3.05) is 14.2 Å². The van der Waals surface area contributed by atoms with Crippen LogP contribution in [-0.2, 0) is 16.1 Å². The van der Waals surface area contributed by atoms with Crippen molar-refractivity contribution in [2.24, 2.45) is 0 Å². The number of amides is 1. The summed E-state index contributed by atoms with van der Waals surface area (Å²) in [7, 11) is 2.92. The number of carbonyl (C=O) groups is 2. The van der Waals surface area contributed by atoms with E-state index < -0.39 is 17.7 Å². The number of Topliss-reactive ketones (excluding diaryl/α,β-unsaturated/α-hetero) is 1. The van der Waals surface area contributed by atoms with E-state index in [-0.39, 0.29) is 23.4 Å². The van der Waals surface area contributed by atoms with Crippen molar-refractivity contribution >= 4 is 17.4 Å². The molecule has 1 aromatic heterocycles. The van der Waals surface area contributed by atoms with Gasteiger partial charge in [-0.25, -0.2) is 0 Å². The maximum Gasteiger partial charge on any atom is 0.296 e. The number of aliphatic hydroxyl groups excluding tert-OH is 1. The maximum atomic E-state index is 13.3. The van der Waals surface area contributed by atoms with E-state index in [1.54, 1.807) is 30.3 Å². The normalized spacial score (nSPS) is 17.4. The molecule has 1 atom stereocenters. The topological polar surface area (TPSA) is 89.2 Å². The monoisotopic (exact) mass is 461 g/mol. The van der Waals surface area contributed by atoms with E-state index in [9.17, 15) is 14.7 Å². The highest BCUT2D eigenvalue weighted by Crippen LogP contribution is 2.44. The van der Waals surface area contributed by atoms with Crippen molar-refractivity contribution < 1.29 is 28.6 Å². The number of benzene rings is 2. The van der Waals surface area contributed by atoms with Crippen LogP contribution in [0.2, 0.25) is 0 Å². The Hall–Kier alpha value is -4.00. The van der Waals surface area contributed by atoms with Gasteiger partial charge in [0.25, 0.3) is 11.7 Å². The number of furan rings is 1. The average molecular weight is 462 g/mol. The summed E-state index contributed by atoms with van der Waals surface area (Å²) < 4.78 is 16.3. The quantitative estimate of drug-likeness (QED) is 0.301. The fraction of sp³-hybridized carbons (Fsp3) is 0.259. The minimum atomic E-state index is -0.819. The molecule has 1 aliphatic heterocycles. The van der Waals surface area contributed by atoms with Gasteiger partial charge in [0, 0.05) is 0 Å². The number of aliphatic hydroxyl groups is 1. The van der Waals surface area contributed by atoms with Gasteiger partial charge in [0.15, 0.2) is 0 Å². The molecule has 1 aliphatic rings. The van der Waals surface area contributed by atoms with Gasteiger partial charge in [-0.15, -0.1) is 0 Å². The van der Waals surface area contributed by atoms with Gasteiger partial charge in [-0.3, -0.25) is 9.59 Å². The molecule has 3 aromatic rings. The number of nitrogens with zero attached hydrogens (tertiary/aromatic N) is 1. The van der Waals surface area contributed by atoms with Gasteiger partial charge in [-0.05, 0) is 41.3 Å². The number of hydrogen-bond acceptors (Lipinski definition) is 6. The molecule has 4 rings (SSSR count). The Morgan fingerprint density at radius 1 is 1.00 bits per heavy atom. The van der Waals surface area contributed by atoms with Crippen LogP contribution in [0, 0.1) is 0 Å². The van der Waals surface area contributed by atoms with Crippen LogP contribution in [0.3, 0.4) is 0 Å². The highest BCUT2D eigenvalue weighted by atomic mass is 16.5. The van der Waals surface area contributed by atoms with Gasteiger partial charge in [-0.1, -0.05) is 44.2 Å². The van der Waals surface area contributed by atoms with Crippen molar-refractivity contribution in [2.45, 2.75) is 32.4 Å². The summed E-state index contributed by atoms with van der Waals surface area (Å²) in [6.07, 6.45) is 1.51. The fourth-order valence-corrected chi connectivity index (χ4v) is 4.24. The van der Waals surface area contributed by atoms with E-state index in [4.69, 9.17) is 13.9 Å². The molecule has 34 heavy (non-hydrogen) atoms. The number of hydrogen-bond donors (Lipinski definition) is 1. The molecule has 1 saturated heterocycles. The van der Waals surface area contributed by atoms with Crippen molar-refractivity contribution in [1.82, 2.24) is 4.90 Å². The van der Waals surface area contributed by atoms with Gasteiger partial charge < -0.3 is 23.9 Å². The molecule has 2 aromatic carbocycles. The molecule has 0 spiro atoms. The molecule has 1 amide bonds. The summed E-state index contributed by atoms with van der Waals surface area (Å²) in [6, 6.07) is 15.4. The Kier molecular flexibility index (Phi) is 6.45. The number of methoxy groups -OCH3 is 2. The predicted molar refractivity (Wildman–Crippen MR) is 127 cm³/mol. The van der Waals surface area contributed by atoms with Crippen molar-refractivity contribution in [3.63, 3.8) is 0 Å². The minimum Gasteiger partial charge on any atom is -0.506 e. The van der Waals surface area contributed by atoms with Gasteiger partial charge >= 0.3 is 0 Å². The fourth-order valence-electron chi connectivity index (χ4n) is 4.24. The highest BCUT2D eigenvalue weighted by Gasteiger charge is 2.47. The molecule has 7 nitrogen and oxygen atoms in total. The van der Waals surface area contributed by atoms with Crippen LogP contribution in [0.4, 0.5) is 0 Å². The zero-order chi connectivity index (χ0) is 24.4. The minimum absolute atomic E-state index is 0.0309. The van der Waals surface area contributed by atoms with Crippen LogP contribution in [0.15, 0.2) is 70.9 Å². The Morgan fingerprint density at radius 2 is 1.65 bits per heavy atom. The smallest absolute Gasteiger partial charge is 0.296 e. The molecule has 0 aliphatic carbocycles. The summed E-state index contributed by atoms with van der Waals surface area (Å²) in [4.78, 5) is 27.9. The standard InChI is InChI=1S/C27H27NO6/c1-16(2)17-10-12-18(13-11-17)24-23(25(29)22-20(32-3)8-5-9-21(22)33-4)26(30)27(31)28(24)15-19-7-6-14-34-19/h5-14,16,24,29H,15H2,1-4H3/b25-23+. The number of likely N-dealkylation sites (tertiary alicyclic amines) is 1. The van der Waals surface area contributed by atoms with Crippen LogP contribution >= 0.6 is 0 Å². The lowest BCUT2D eigenvalue weighted by atomic mass is 9.92. The van der Waals surface area contributed by atoms with Crippen molar-refractivity contribution in [1.29, 1.82) is 0 Å². The van der Waals surface area contributed by atoms with Gasteiger partial charge in [0.1, 0.15) is 28.6 Å². The zero-order valence-electron chi connectivity index (χ0n) is 19.6. The Labute approximate surface area is 198 Å². The molecule has 1 N–H and O–H groups in total. The lowest BCUT2D eigenvalue weighted by molar-refractivity contribution is -0.140. The van der Waals surface area contributed by atoms with Crippen molar-refractivity contribution in [3.8, 4) is 11.5 Å². The van der Waals surface area contributed by atoms with Crippen LogP contribution < -0.4 is 9.47 Å². The second kappa shape index (κ2) is 9.47. The molecule has 0 radical (unpaired) electrons. The van der Waals surface area contributed by atoms with Gasteiger partial charge in [0.2, 0.25) is 0 Å². The Balaban J connectivity index is 1.92. The Bertz CT molecular complexity index is 1200. The third kappa shape index (κ3) is 4.05. The first-order valence-corrected chi connectivity index (χ1v) is 11.0. The number of ether oxygens (including phenoxy) is 2. The maximum absolute atomic E-state index is 13.3.